The molecule has 2 N–H and O–H groups in total. The molecule has 0 spiro atoms. The molecule has 2 heterocycles. The highest BCUT2D eigenvalue weighted by molar-refractivity contribution is 7.90. The molecule has 7 nitrogen and oxygen atoms in total. The minimum absolute atomic E-state index is 0.156. The Bertz CT molecular complexity index is 887. The van der Waals surface area contributed by atoms with Crippen LogP contribution in [0.25, 0.3) is 0 Å². The van der Waals surface area contributed by atoms with Gasteiger partial charge in [0.25, 0.3) is 10.0 Å². The summed E-state index contributed by atoms with van der Waals surface area (Å²) in [7, 11) is -3.58. The standard InChI is InChI=1S/C14H14N4O3S2/c1-9-8-22-13(17-9)7-15-12(19)6-16-14-10-4-2-3-5-11(10)23(20,21)18-14/h2-5,8H,6-7H2,1H3,(H,15,19)(H,16,18). The third kappa shape index (κ3) is 3.40. The van der Waals surface area contributed by atoms with Gasteiger partial charge >= 0.3 is 0 Å². The number of hydrogen-bond acceptors (Lipinski definition) is 6. The van der Waals surface area contributed by atoms with Crippen LogP contribution in [0.15, 0.2) is 39.5 Å². The van der Waals surface area contributed by atoms with Gasteiger partial charge in [0.05, 0.1) is 11.4 Å². The van der Waals surface area contributed by atoms with Crippen LogP contribution < -0.4 is 10.0 Å². The first-order chi connectivity index (χ1) is 11.0. The van der Waals surface area contributed by atoms with Gasteiger partial charge < -0.3 is 5.32 Å². The molecule has 0 bridgehead atoms. The number of nitrogens with one attached hydrogen (secondary N) is 2. The van der Waals surface area contributed by atoms with Crippen molar-refractivity contribution in [3.8, 4) is 0 Å². The number of aromatic nitrogens is 1. The average molecular weight is 350 g/mol. The number of carbonyl (C=O) groups is 1. The van der Waals surface area contributed by atoms with Gasteiger partial charge in [-0.1, -0.05) is 12.1 Å². The molecule has 0 saturated carbocycles. The van der Waals surface area contributed by atoms with Gasteiger partial charge in [0, 0.05) is 16.6 Å². The number of aryl methyl sites for hydroxylation is 1. The first-order valence-electron chi connectivity index (χ1n) is 6.80. The minimum atomic E-state index is -3.58. The van der Waals surface area contributed by atoms with Crippen molar-refractivity contribution in [1.29, 1.82) is 0 Å². The Labute approximate surface area is 137 Å². The second kappa shape index (κ2) is 6.09. The highest BCUT2D eigenvalue weighted by atomic mass is 32.2. The highest BCUT2D eigenvalue weighted by Gasteiger charge is 2.30. The van der Waals surface area contributed by atoms with Crippen molar-refractivity contribution < 1.29 is 13.2 Å². The molecule has 120 valence electrons. The van der Waals surface area contributed by atoms with E-state index in [-0.39, 0.29) is 23.2 Å². The zero-order valence-electron chi connectivity index (χ0n) is 12.2. The maximum Gasteiger partial charge on any atom is 0.263 e. The molecule has 0 atom stereocenters. The lowest BCUT2D eigenvalue weighted by Gasteiger charge is -2.01. The van der Waals surface area contributed by atoms with Gasteiger partial charge in [-0.15, -0.1) is 11.3 Å². The van der Waals surface area contributed by atoms with Crippen molar-refractivity contribution >= 4 is 33.1 Å². The van der Waals surface area contributed by atoms with Crippen LogP contribution in [0.1, 0.15) is 16.3 Å². The van der Waals surface area contributed by atoms with E-state index in [1.54, 1.807) is 18.2 Å². The Morgan fingerprint density at radius 3 is 2.91 bits per heavy atom. The van der Waals surface area contributed by atoms with Gasteiger partial charge in [-0.3, -0.25) is 14.5 Å². The van der Waals surface area contributed by atoms with Crippen molar-refractivity contribution in [3.63, 3.8) is 0 Å². The lowest BCUT2D eigenvalue weighted by atomic mass is 10.2. The second-order valence-electron chi connectivity index (χ2n) is 4.93. The van der Waals surface area contributed by atoms with Crippen molar-refractivity contribution in [2.75, 3.05) is 6.54 Å². The zero-order chi connectivity index (χ0) is 16.4. The van der Waals surface area contributed by atoms with E-state index >= 15 is 0 Å². The van der Waals surface area contributed by atoms with Crippen LogP contribution in [-0.2, 0) is 21.4 Å². The van der Waals surface area contributed by atoms with Gasteiger partial charge in [0.2, 0.25) is 5.91 Å². The number of carbonyl (C=O) groups excluding carboxylic acids is 1. The fraction of sp³-hybridized carbons (Fsp3) is 0.214. The number of sulfonamides is 1. The van der Waals surface area contributed by atoms with Crippen LogP contribution in [0.5, 0.6) is 0 Å². The predicted molar refractivity (Wildman–Crippen MR) is 86.9 cm³/mol. The maximum atomic E-state index is 11.9. The Hall–Kier alpha value is -2.26. The van der Waals surface area contributed by atoms with E-state index in [4.69, 9.17) is 0 Å². The van der Waals surface area contributed by atoms with Crippen molar-refractivity contribution in [1.82, 2.24) is 15.0 Å². The number of amidine groups is 1. The first-order valence-corrected chi connectivity index (χ1v) is 9.16. The number of nitrogens with zero attached hydrogens (tertiary/aromatic N) is 2. The van der Waals surface area contributed by atoms with E-state index in [1.165, 1.54) is 17.4 Å². The number of hydrogen-bond donors (Lipinski definition) is 2. The van der Waals surface area contributed by atoms with Crippen LogP contribution in [0.2, 0.25) is 0 Å². The van der Waals surface area contributed by atoms with Gasteiger partial charge in [0.15, 0.2) is 0 Å². The number of fused-ring (bicyclic) bond motifs is 1. The van der Waals surface area contributed by atoms with Crippen molar-refractivity contribution in [2.45, 2.75) is 18.4 Å². The second-order valence-corrected chi connectivity index (χ2v) is 7.52. The molecule has 1 aliphatic rings. The molecule has 1 amide bonds. The van der Waals surface area contributed by atoms with Crippen LogP contribution >= 0.6 is 11.3 Å². The molecular weight excluding hydrogens is 336 g/mol. The summed E-state index contributed by atoms with van der Waals surface area (Å²) in [5.41, 5.74) is 1.40. The van der Waals surface area contributed by atoms with Gasteiger partial charge in [-0.25, -0.2) is 13.4 Å². The number of aliphatic imine (C=N–C) groups is 1. The van der Waals surface area contributed by atoms with E-state index in [9.17, 15) is 13.2 Å². The quantitative estimate of drug-likeness (QED) is 0.852. The summed E-state index contributed by atoms with van der Waals surface area (Å²) in [6.45, 7) is 2.07. The van der Waals surface area contributed by atoms with E-state index in [1.807, 2.05) is 12.3 Å². The summed E-state index contributed by atoms with van der Waals surface area (Å²) >= 11 is 1.47. The third-order valence-electron chi connectivity index (χ3n) is 3.15. The molecule has 0 fully saturated rings. The summed E-state index contributed by atoms with van der Waals surface area (Å²) in [5.74, 6) is -0.102. The molecule has 3 rings (SSSR count). The van der Waals surface area contributed by atoms with Gasteiger partial charge in [-0.05, 0) is 19.1 Å². The fourth-order valence-electron chi connectivity index (χ4n) is 2.12. The number of thiazole rings is 1. The lowest BCUT2D eigenvalue weighted by molar-refractivity contribution is -0.119. The third-order valence-corrected chi connectivity index (χ3v) is 5.51. The van der Waals surface area contributed by atoms with Crippen LogP contribution in [0, 0.1) is 6.92 Å². The smallest absolute Gasteiger partial charge is 0.263 e. The number of rotatable bonds is 4. The molecule has 23 heavy (non-hydrogen) atoms. The van der Waals surface area contributed by atoms with Crippen LogP contribution in [0.4, 0.5) is 0 Å². The summed E-state index contributed by atoms with van der Waals surface area (Å²) < 4.78 is 26.2. The molecule has 1 aromatic heterocycles. The van der Waals surface area contributed by atoms with Gasteiger partial charge in [0.1, 0.15) is 17.4 Å². The van der Waals surface area contributed by atoms with Gasteiger partial charge in [-0.2, -0.15) is 0 Å². The highest BCUT2D eigenvalue weighted by Crippen LogP contribution is 2.21. The molecule has 9 heteroatoms. The SMILES string of the molecule is Cc1csc(CNC(=O)CN=C2NS(=O)(=O)c3ccccc32)n1. The minimum Gasteiger partial charge on any atom is -0.348 e. The molecule has 0 saturated heterocycles. The molecular formula is C14H14N4O3S2. The summed E-state index contributed by atoms with van der Waals surface area (Å²) in [6.07, 6.45) is 0. The topological polar surface area (TPSA) is 101 Å². The first kappa shape index (κ1) is 15.6. The molecule has 2 aromatic rings. The average Bonchev–Trinajstić information content (AvgIpc) is 3.05. The van der Waals surface area contributed by atoms with E-state index < -0.39 is 10.0 Å². The van der Waals surface area contributed by atoms with Crippen LogP contribution in [0.3, 0.4) is 0 Å². The monoisotopic (exact) mass is 350 g/mol. The normalized spacial score (nSPS) is 16.8. The van der Waals surface area contributed by atoms with E-state index in [0.29, 0.717) is 12.1 Å². The molecule has 0 aliphatic carbocycles. The zero-order valence-corrected chi connectivity index (χ0v) is 13.9. The van der Waals surface area contributed by atoms with E-state index in [0.717, 1.165) is 10.7 Å². The molecule has 1 aliphatic heterocycles. The largest absolute Gasteiger partial charge is 0.348 e. The molecule has 0 unspecified atom stereocenters. The van der Waals surface area contributed by atoms with Crippen molar-refractivity contribution in [3.05, 3.63) is 45.9 Å². The number of benzene rings is 1. The van der Waals surface area contributed by atoms with E-state index in [2.05, 4.69) is 20.0 Å². The van der Waals surface area contributed by atoms with Crippen LogP contribution in [-0.4, -0.2) is 31.7 Å². The predicted octanol–water partition coefficient (Wildman–Crippen LogP) is 0.806. The Morgan fingerprint density at radius 2 is 2.17 bits per heavy atom. The fourth-order valence-corrected chi connectivity index (χ4v) is 4.08. The summed E-state index contributed by atoms with van der Waals surface area (Å²) in [5, 5.41) is 5.43. The number of amides is 1. The Morgan fingerprint density at radius 1 is 1.39 bits per heavy atom. The summed E-state index contributed by atoms with van der Waals surface area (Å²) in [6, 6.07) is 6.53. The Kier molecular flexibility index (Phi) is 4.14. The van der Waals surface area contributed by atoms with Crippen molar-refractivity contribution in [2.24, 2.45) is 4.99 Å². The summed E-state index contributed by atoms with van der Waals surface area (Å²) in [4.78, 5) is 20.3. The molecule has 1 aromatic carbocycles. The maximum absolute atomic E-state index is 11.9. The lowest BCUT2D eigenvalue weighted by Crippen LogP contribution is -2.28. The Balaban J connectivity index is 1.65. The molecule has 0 radical (unpaired) electrons.